The SMILES string of the molecule is C=C(CCC1CN(S(=O)(=O)c2cccc(C(C)F)c2)c2cc(C=Cc3c(Cl)cccc3C(F)(F)F)ccc2O1)OC. The lowest BCUT2D eigenvalue weighted by atomic mass is 10.0. The van der Waals surface area contributed by atoms with Gasteiger partial charge in [0.05, 0.1) is 35.6 Å². The van der Waals surface area contributed by atoms with Gasteiger partial charge in [0.1, 0.15) is 18.0 Å². The maximum Gasteiger partial charge on any atom is 0.417 e. The molecule has 0 saturated heterocycles. The van der Waals surface area contributed by atoms with Gasteiger partial charge in [-0.1, -0.05) is 54.6 Å². The summed E-state index contributed by atoms with van der Waals surface area (Å²) < 4.78 is 94.9. The van der Waals surface area contributed by atoms with Crippen LogP contribution in [0.25, 0.3) is 12.2 Å². The van der Waals surface area contributed by atoms with Crippen molar-refractivity contribution in [1.29, 1.82) is 0 Å². The molecule has 0 spiro atoms. The monoisotopic (exact) mass is 609 g/mol. The van der Waals surface area contributed by atoms with Crippen LogP contribution in [0.2, 0.25) is 5.02 Å². The number of anilines is 1. The highest BCUT2D eigenvalue weighted by atomic mass is 35.5. The molecule has 2 unspecified atom stereocenters. The molecule has 2 atom stereocenters. The van der Waals surface area contributed by atoms with Crippen LogP contribution in [-0.2, 0) is 20.9 Å². The highest BCUT2D eigenvalue weighted by Gasteiger charge is 2.35. The number of methoxy groups -OCH3 is 1. The lowest BCUT2D eigenvalue weighted by Gasteiger charge is -2.36. The number of benzene rings is 3. The molecular weight excluding hydrogens is 582 g/mol. The van der Waals surface area contributed by atoms with Crippen LogP contribution in [0.4, 0.5) is 23.2 Å². The first-order valence-electron chi connectivity index (χ1n) is 12.6. The van der Waals surface area contributed by atoms with Crippen molar-refractivity contribution in [2.24, 2.45) is 0 Å². The summed E-state index contributed by atoms with van der Waals surface area (Å²) in [5.74, 6) is 0.783. The number of allylic oxidation sites excluding steroid dienone is 1. The van der Waals surface area contributed by atoms with E-state index in [1.165, 1.54) is 73.0 Å². The molecular formula is C30H28ClF4NO4S. The quantitative estimate of drug-likeness (QED) is 0.139. The first-order valence-corrected chi connectivity index (χ1v) is 14.5. The molecule has 4 rings (SSSR count). The number of hydrogen-bond donors (Lipinski definition) is 0. The number of fused-ring (bicyclic) bond motifs is 1. The molecule has 5 nitrogen and oxygen atoms in total. The van der Waals surface area contributed by atoms with Crippen molar-refractivity contribution in [3.63, 3.8) is 0 Å². The third-order valence-corrected chi connectivity index (χ3v) is 8.76. The molecule has 1 heterocycles. The van der Waals surface area contributed by atoms with Crippen LogP contribution in [0.3, 0.4) is 0 Å². The third-order valence-electron chi connectivity index (χ3n) is 6.65. The number of rotatable bonds is 9. The van der Waals surface area contributed by atoms with E-state index in [9.17, 15) is 26.0 Å². The number of halogens is 5. The Bertz CT molecular complexity index is 1570. The standard InChI is InChI=1S/C30H28ClF4NO4S/c1-19(39-3)10-13-23-18-36(41(37,38)24-7-4-6-22(17-24)20(2)32)28-16-21(12-15-29(28)40-23)11-14-25-26(30(33,34)35)8-5-9-27(25)31/h4-9,11-12,14-17,20,23H,1,10,13,18H2,2-3H3. The summed E-state index contributed by atoms with van der Waals surface area (Å²) >= 11 is 6.08. The maximum atomic E-state index is 14.0. The molecule has 0 amide bonds. The van der Waals surface area contributed by atoms with Crippen molar-refractivity contribution in [3.05, 3.63) is 100 Å². The molecule has 0 saturated carbocycles. The molecule has 11 heteroatoms. The predicted octanol–water partition coefficient (Wildman–Crippen LogP) is 8.46. The van der Waals surface area contributed by atoms with Gasteiger partial charge in [-0.15, -0.1) is 0 Å². The van der Waals surface area contributed by atoms with E-state index in [1.54, 1.807) is 12.1 Å². The first kappa shape index (κ1) is 30.5. The van der Waals surface area contributed by atoms with Crippen LogP contribution in [0, 0.1) is 0 Å². The molecule has 41 heavy (non-hydrogen) atoms. The van der Waals surface area contributed by atoms with Gasteiger partial charge in [-0.25, -0.2) is 12.8 Å². The van der Waals surface area contributed by atoms with Crippen molar-refractivity contribution in [3.8, 4) is 5.75 Å². The van der Waals surface area contributed by atoms with E-state index >= 15 is 0 Å². The topological polar surface area (TPSA) is 55.8 Å². The van der Waals surface area contributed by atoms with Gasteiger partial charge in [-0.05, 0) is 60.9 Å². The van der Waals surface area contributed by atoms with E-state index in [0.717, 1.165) is 6.07 Å². The van der Waals surface area contributed by atoms with Crippen molar-refractivity contribution in [1.82, 2.24) is 0 Å². The fraction of sp³-hybridized carbons (Fsp3) is 0.267. The summed E-state index contributed by atoms with van der Waals surface area (Å²) in [5.41, 5.74) is -0.282. The smallest absolute Gasteiger partial charge is 0.417 e. The molecule has 3 aromatic rings. The second-order valence-corrected chi connectivity index (χ2v) is 11.8. The zero-order valence-corrected chi connectivity index (χ0v) is 23.9. The predicted molar refractivity (Wildman–Crippen MR) is 152 cm³/mol. The van der Waals surface area contributed by atoms with Crippen LogP contribution in [0.5, 0.6) is 5.75 Å². The molecule has 3 aromatic carbocycles. The number of ether oxygens (including phenoxy) is 2. The summed E-state index contributed by atoms with van der Waals surface area (Å²) in [4.78, 5) is -0.0979. The van der Waals surface area contributed by atoms with Gasteiger partial charge in [0.15, 0.2) is 0 Å². The summed E-state index contributed by atoms with van der Waals surface area (Å²) in [5, 5.41) is -0.0796. The van der Waals surface area contributed by atoms with Crippen molar-refractivity contribution >= 4 is 39.5 Å². The molecule has 0 fully saturated rings. The molecule has 0 aromatic heterocycles. The Morgan fingerprint density at radius 1 is 1.17 bits per heavy atom. The summed E-state index contributed by atoms with van der Waals surface area (Å²) in [6.07, 6.45) is -3.05. The van der Waals surface area contributed by atoms with Gasteiger partial charge >= 0.3 is 6.18 Å². The number of nitrogens with zero attached hydrogens (tertiary/aromatic N) is 1. The van der Waals surface area contributed by atoms with Crippen molar-refractivity contribution in [2.75, 3.05) is 18.0 Å². The number of alkyl halides is 4. The molecule has 0 bridgehead atoms. The lowest BCUT2D eigenvalue weighted by Crippen LogP contribution is -2.43. The minimum absolute atomic E-state index is 0.0579. The Kier molecular flexibility index (Phi) is 9.03. The average molecular weight is 610 g/mol. The third kappa shape index (κ3) is 6.87. The highest BCUT2D eigenvalue weighted by molar-refractivity contribution is 7.92. The Labute approximate surface area is 241 Å². The van der Waals surface area contributed by atoms with Crippen LogP contribution in [0.1, 0.15) is 48.2 Å². The van der Waals surface area contributed by atoms with Crippen molar-refractivity contribution in [2.45, 2.75) is 43.1 Å². The van der Waals surface area contributed by atoms with Gasteiger partial charge in [0.25, 0.3) is 10.0 Å². The molecule has 1 aliphatic rings. The number of sulfonamides is 1. The van der Waals surface area contributed by atoms with Gasteiger partial charge in [0, 0.05) is 17.0 Å². The van der Waals surface area contributed by atoms with Gasteiger partial charge in [-0.3, -0.25) is 4.31 Å². The first-order chi connectivity index (χ1) is 19.3. The van der Waals surface area contributed by atoms with E-state index in [-0.39, 0.29) is 39.0 Å². The average Bonchev–Trinajstić information content (AvgIpc) is 2.94. The maximum absolute atomic E-state index is 14.0. The van der Waals surface area contributed by atoms with E-state index in [4.69, 9.17) is 21.1 Å². The minimum atomic E-state index is -4.62. The van der Waals surface area contributed by atoms with Crippen LogP contribution < -0.4 is 9.04 Å². The van der Waals surface area contributed by atoms with Crippen LogP contribution in [0.15, 0.2) is 77.9 Å². The largest absolute Gasteiger partial charge is 0.502 e. The molecule has 218 valence electrons. The molecule has 0 N–H and O–H groups in total. The second-order valence-electron chi connectivity index (χ2n) is 9.51. The highest BCUT2D eigenvalue weighted by Crippen LogP contribution is 2.40. The van der Waals surface area contributed by atoms with Crippen LogP contribution >= 0.6 is 11.6 Å². The fourth-order valence-electron chi connectivity index (χ4n) is 4.42. The Morgan fingerprint density at radius 2 is 1.90 bits per heavy atom. The van der Waals surface area contributed by atoms with E-state index < -0.39 is 34.0 Å². The molecule has 0 aliphatic carbocycles. The zero-order chi connectivity index (χ0) is 29.9. The summed E-state index contributed by atoms with van der Waals surface area (Å²) in [7, 11) is -2.70. The van der Waals surface area contributed by atoms with E-state index in [2.05, 4.69) is 6.58 Å². The second kappa shape index (κ2) is 12.2. The van der Waals surface area contributed by atoms with Crippen LogP contribution in [-0.4, -0.2) is 28.2 Å². The Hall–Kier alpha value is -3.50. The Morgan fingerprint density at radius 3 is 2.59 bits per heavy atom. The van der Waals surface area contributed by atoms with Gasteiger partial charge < -0.3 is 9.47 Å². The molecule has 1 aliphatic heterocycles. The minimum Gasteiger partial charge on any atom is -0.502 e. The van der Waals surface area contributed by atoms with E-state index in [0.29, 0.717) is 24.2 Å². The fourth-order valence-corrected chi connectivity index (χ4v) is 6.21. The van der Waals surface area contributed by atoms with Crippen molar-refractivity contribution < 1.29 is 35.5 Å². The van der Waals surface area contributed by atoms with Gasteiger partial charge in [0.2, 0.25) is 0 Å². The zero-order valence-electron chi connectivity index (χ0n) is 22.3. The Balaban J connectivity index is 1.76. The lowest BCUT2D eigenvalue weighted by molar-refractivity contribution is -0.137. The molecule has 0 radical (unpaired) electrons. The van der Waals surface area contributed by atoms with Gasteiger partial charge in [-0.2, -0.15) is 13.2 Å². The normalized spacial score (nSPS) is 16.3. The van der Waals surface area contributed by atoms with E-state index in [1.807, 2.05) is 0 Å². The summed E-state index contributed by atoms with van der Waals surface area (Å²) in [6.45, 7) is 5.05. The summed E-state index contributed by atoms with van der Waals surface area (Å²) in [6, 6.07) is 13.8. The number of hydrogen-bond acceptors (Lipinski definition) is 4.